The maximum Gasteiger partial charge on any atom is 0.349 e. The summed E-state index contributed by atoms with van der Waals surface area (Å²) in [7, 11) is 0. The van der Waals surface area contributed by atoms with Crippen molar-refractivity contribution in [3.05, 3.63) is 65.0 Å². The predicted molar refractivity (Wildman–Crippen MR) is 101 cm³/mol. The fraction of sp³-hybridized carbons (Fsp3) is 0.150. The molecule has 0 atom stereocenters. The van der Waals surface area contributed by atoms with Gasteiger partial charge in [0.05, 0.1) is 6.07 Å². The summed E-state index contributed by atoms with van der Waals surface area (Å²) in [4.78, 5) is 26.6. The van der Waals surface area contributed by atoms with Gasteiger partial charge in [0.1, 0.15) is 11.4 Å². The molecule has 6 heteroatoms. The van der Waals surface area contributed by atoms with E-state index < -0.39 is 18.5 Å². The summed E-state index contributed by atoms with van der Waals surface area (Å²) >= 11 is 1.35. The lowest BCUT2D eigenvalue weighted by molar-refractivity contribution is -0.121. The first-order valence-corrected chi connectivity index (χ1v) is 8.81. The second kappa shape index (κ2) is 7.81. The van der Waals surface area contributed by atoms with E-state index in [0.29, 0.717) is 10.6 Å². The summed E-state index contributed by atoms with van der Waals surface area (Å²) in [6, 6.07) is 18.5. The zero-order valence-corrected chi connectivity index (χ0v) is 15.0. The summed E-state index contributed by atoms with van der Waals surface area (Å²) in [5.74, 6) is -0.966. The number of hydrogen-bond donors (Lipinski definition) is 0. The first kappa shape index (κ1) is 17.6. The van der Waals surface area contributed by atoms with Gasteiger partial charge in [-0.25, -0.2) is 4.79 Å². The molecule has 0 aliphatic carbocycles. The molecule has 0 unspecified atom stereocenters. The van der Waals surface area contributed by atoms with Gasteiger partial charge < -0.3 is 4.74 Å². The average molecular weight is 364 g/mol. The standard InChI is InChI=1S/C20H16N2O3S/c1-14-16-9-5-6-10-17(16)26-19(14)20(24)25-13-18(23)22(12-11-21)15-7-3-2-4-8-15/h2-10H,12-13H2,1H3. The topological polar surface area (TPSA) is 70.4 Å². The Morgan fingerprint density at radius 2 is 1.81 bits per heavy atom. The minimum Gasteiger partial charge on any atom is -0.451 e. The van der Waals surface area contributed by atoms with Gasteiger partial charge in [0, 0.05) is 10.4 Å². The molecular weight excluding hydrogens is 348 g/mol. The number of anilines is 1. The highest BCUT2D eigenvalue weighted by Crippen LogP contribution is 2.31. The normalized spacial score (nSPS) is 10.3. The van der Waals surface area contributed by atoms with Crippen LogP contribution in [0.25, 0.3) is 10.1 Å². The molecule has 1 aromatic heterocycles. The van der Waals surface area contributed by atoms with Crippen molar-refractivity contribution in [2.45, 2.75) is 6.92 Å². The number of amides is 1. The van der Waals surface area contributed by atoms with E-state index >= 15 is 0 Å². The fourth-order valence-electron chi connectivity index (χ4n) is 2.64. The second-order valence-corrected chi connectivity index (χ2v) is 6.65. The Balaban J connectivity index is 1.72. The Bertz CT molecular complexity index is 989. The van der Waals surface area contributed by atoms with Crippen LogP contribution < -0.4 is 4.90 Å². The second-order valence-electron chi connectivity index (χ2n) is 5.60. The smallest absolute Gasteiger partial charge is 0.349 e. The molecule has 0 N–H and O–H groups in total. The molecule has 0 fully saturated rings. The SMILES string of the molecule is Cc1c(C(=O)OCC(=O)N(CC#N)c2ccccc2)sc2ccccc12. The summed E-state index contributed by atoms with van der Waals surface area (Å²) in [6.45, 7) is 1.34. The Morgan fingerprint density at radius 3 is 2.50 bits per heavy atom. The van der Waals surface area contributed by atoms with E-state index in [9.17, 15) is 9.59 Å². The van der Waals surface area contributed by atoms with Crippen molar-refractivity contribution in [1.29, 1.82) is 5.26 Å². The van der Waals surface area contributed by atoms with Crippen LogP contribution >= 0.6 is 11.3 Å². The first-order chi connectivity index (χ1) is 12.6. The molecule has 3 aromatic rings. The van der Waals surface area contributed by atoms with Crippen molar-refractivity contribution in [3.8, 4) is 6.07 Å². The van der Waals surface area contributed by atoms with Gasteiger partial charge in [0.25, 0.3) is 5.91 Å². The molecule has 1 amide bonds. The van der Waals surface area contributed by atoms with Gasteiger partial charge in [-0.1, -0.05) is 36.4 Å². The van der Waals surface area contributed by atoms with Gasteiger partial charge >= 0.3 is 5.97 Å². The maximum atomic E-state index is 12.4. The fourth-order valence-corrected chi connectivity index (χ4v) is 3.74. The van der Waals surface area contributed by atoms with E-state index in [2.05, 4.69) is 0 Å². The number of nitriles is 1. The van der Waals surface area contributed by atoms with Gasteiger partial charge in [-0.05, 0) is 36.1 Å². The number of nitrogens with zero attached hydrogens (tertiary/aromatic N) is 2. The lowest BCUT2D eigenvalue weighted by Crippen LogP contribution is -2.35. The molecule has 0 spiro atoms. The van der Waals surface area contributed by atoms with Crippen LogP contribution in [0.5, 0.6) is 0 Å². The van der Waals surface area contributed by atoms with Crippen LogP contribution in [-0.4, -0.2) is 25.0 Å². The maximum absolute atomic E-state index is 12.4. The van der Waals surface area contributed by atoms with Crippen LogP contribution in [0.1, 0.15) is 15.2 Å². The van der Waals surface area contributed by atoms with Gasteiger partial charge in [0.2, 0.25) is 0 Å². The summed E-state index contributed by atoms with van der Waals surface area (Å²) in [5, 5.41) is 9.98. The number of para-hydroxylation sites is 1. The van der Waals surface area contributed by atoms with Crippen LogP contribution in [0.4, 0.5) is 5.69 Å². The minimum atomic E-state index is -0.526. The number of esters is 1. The number of rotatable bonds is 5. The number of carbonyl (C=O) groups is 2. The molecule has 3 rings (SSSR count). The largest absolute Gasteiger partial charge is 0.451 e. The van der Waals surface area contributed by atoms with E-state index in [-0.39, 0.29) is 6.54 Å². The highest BCUT2D eigenvalue weighted by atomic mass is 32.1. The van der Waals surface area contributed by atoms with E-state index in [1.54, 1.807) is 24.3 Å². The number of benzene rings is 2. The number of ether oxygens (including phenoxy) is 1. The van der Waals surface area contributed by atoms with E-state index in [4.69, 9.17) is 10.00 Å². The van der Waals surface area contributed by atoms with Gasteiger partial charge in [0.15, 0.2) is 6.61 Å². The molecule has 0 aliphatic rings. The molecule has 0 aliphatic heterocycles. The molecule has 0 saturated heterocycles. The van der Waals surface area contributed by atoms with Gasteiger partial charge in [-0.2, -0.15) is 5.26 Å². The predicted octanol–water partition coefficient (Wildman–Crippen LogP) is 3.92. The van der Waals surface area contributed by atoms with Crippen LogP contribution in [0, 0.1) is 18.3 Å². The van der Waals surface area contributed by atoms with Crippen LogP contribution in [0.15, 0.2) is 54.6 Å². The van der Waals surface area contributed by atoms with E-state index in [1.165, 1.54) is 16.2 Å². The third-order valence-electron chi connectivity index (χ3n) is 3.95. The zero-order valence-electron chi connectivity index (χ0n) is 14.1. The molecule has 0 bridgehead atoms. The monoisotopic (exact) mass is 364 g/mol. The zero-order chi connectivity index (χ0) is 18.5. The van der Waals surface area contributed by atoms with E-state index in [1.807, 2.05) is 43.3 Å². The highest BCUT2D eigenvalue weighted by Gasteiger charge is 2.20. The van der Waals surface area contributed by atoms with Crippen molar-refractivity contribution in [2.75, 3.05) is 18.1 Å². The van der Waals surface area contributed by atoms with Crippen LogP contribution in [0.3, 0.4) is 0 Å². The quantitative estimate of drug-likeness (QED) is 0.508. The summed E-state index contributed by atoms with van der Waals surface area (Å²) < 4.78 is 6.22. The minimum absolute atomic E-state index is 0.109. The molecule has 130 valence electrons. The van der Waals surface area contributed by atoms with Gasteiger partial charge in [-0.15, -0.1) is 11.3 Å². The van der Waals surface area contributed by atoms with Crippen LogP contribution in [0.2, 0.25) is 0 Å². The number of fused-ring (bicyclic) bond motifs is 1. The highest BCUT2D eigenvalue weighted by molar-refractivity contribution is 7.21. The van der Waals surface area contributed by atoms with Crippen molar-refractivity contribution < 1.29 is 14.3 Å². The lowest BCUT2D eigenvalue weighted by atomic mass is 10.1. The third kappa shape index (κ3) is 3.58. The number of carbonyl (C=O) groups excluding carboxylic acids is 2. The number of hydrogen-bond acceptors (Lipinski definition) is 5. The van der Waals surface area contributed by atoms with Crippen molar-refractivity contribution >= 4 is 39.0 Å². The molecule has 0 saturated carbocycles. The first-order valence-electron chi connectivity index (χ1n) is 7.99. The Labute approximate surface area is 155 Å². The van der Waals surface area contributed by atoms with Crippen molar-refractivity contribution in [1.82, 2.24) is 0 Å². The molecule has 1 heterocycles. The Morgan fingerprint density at radius 1 is 1.12 bits per heavy atom. The summed E-state index contributed by atoms with van der Waals surface area (Å²) in [6.07, 6.45) is 0. The Hall–Kier alpha value is -3.17. The number of aryl methyl sites for hydroxylation is 1. The molecule has 2 aromatic carbocycles. The van der Waals surface area contributed by atoms with E-state index in [0.717, 1.165) is 15.6 Å². The third-order valence-corrected chi connectivity index (χ3v) is 5.21. The molecule has 5 nitrogen and oxygen atoms in total. The lowest BCUT2D eigenvalue weighted by Gasteiger charge is -2.19. The molecule has 26 heavy (non-hydrogen) atoms. The van der Waals surface area contributed by atoms with Crippen molar-refractivity contribution in [3.63, 3.8) is 0 Å². The molecule has 0 radical (unpaired) electrons. The van der Waals surface area contributed by atoms with Crippen molar-refractivity contribution in [2.24, 2.45) is 0 Å². The van der Waals surface area contributed by atoms with Gasteiger partial charge in [-0.3, -0.25) is 9.69 Å². The average Bonchev–Trinajstić information content (AvgIpc) is 3.02. The van der Waals surface area contributed by atoms with Crippen LogP contribution in [-0.2, 0) is 9.53 Å². The molecular formula is C20H16N2O3S. The Kier molecular flexibility index (Phi) is 5.30. The summed E-state index contributed by atoms with van der Waals surface area (Å²) in [5.41, 5.74) is 1.44. The number of thiophene rings is 1.